The quantitative estimate of drug-likeness (QED) is 0.797. The van der Waals surface area contributed by atoms with Crippen molar-refractivity contribution >= 4 is 17.5 Å². The third-order valence-electron chi connectivity index (χ3n) is 3.64. The number of ether oxygens (including phenoxy) is 2. The molecular formula is C14H13ClN2O3. The van der Waals surface area contributed by atoms with E-state index < -0.39 is 0 Å². The molecular weight excluding hydrogens is 280 g/mol. The number of benzene rings is 1. The van der Waals surface area contributed by atoms with Gasteiger partial charge in [0, 0.05) is 24.6 Å². The van der Waals surface area contributed by atoms with Crippen LogP contribution in [0.15, 0.2) is 12.1 Å². The molecule has 0 bridgehead atoms. The van der Waals surface area contributed by atoms with E-state index in [1.807, 2.05) is 0 Å². The summed E-state index contributed by atoms with van der Waals surface area (Å²) in [5, 5.41) is 9.26. The van der Waals surface area contributed by atoms with Crippen molar-refractivity contribution in [2.75, 3.05) is 19.9 Å². The largest absolute Gasteiger partial charge is 0.454 e. The third-order valence-corrected chi connectivity index (χ3v) is 3.92. The highest BCUT2D eigenvalue weighted by Crippen LogP contribution is 2.40. The van der Waals surface area contributed by atoms with E-state index in [0.717, 1.165) is 12.8 Å². The van der Waals surface area contributed by atoms with Gasteiger partial charge in [0.2, 0.25) is 6.79 Å². The van der Waals surface area contributed by atoms with E-state index in [0.29, 0.717) is 35.2 Å². The Labute approximate surface area is 121 Å². The van der Waals surface area contributed by atoms with Crippen LogP contribution < -0.4 is 9.47 Å². The standard InChI is InChI=1S/C14H13ClN2O3/c15-11-5-10(6-12-13(11)20-8-19-12)14(18)17-3-1-9(7-16)2-4-17/h5-6,9H,1-4,8H2. The number of carbonyl (C=O) groups excluding carboxylic acids is 1. The lowest BCUT2D eigenvalue weighted by Crippen LogP contribution is -2.38. The monoisotopic (exact) mass is 292 g/mol. The Hall–Kier alpha value is -1.93. The molecule has 2 aliphatic heterocycles. The maximum atomic E-state index is 12.4. The predicted molar refractivity (Wildman–Crippen MR) is 71.8 cm³/mol. The zero-order chi connectivity index (χ0) is 14.1. The highest BCUT2D eigenvalue weighted by atomic mass is 35.5. The van der Waals surface area contributed by atoms with Crippen molar-refractivity contribution in [3.05, 3.63) is 22.7 Å². The number of nitriles is 1. The van der Waals surface area contributed by atoms with Crippen LogP contribution in [0.2, 0.25) is 5.02 Å². The van der Waals surface area contributed by atoms with Crippen molar-refractivity contribution in [1.82, 2.24) is 4.90 Å². The molecule has 5 nitrogen and oxygen atoms in total. The van der Waals surface area contributed by atoms with Crippen molar-refractivity contribution in [2.45, 2.75) is 12.8 Å². The number of rotatable bonds is 1. The first-order valence-corrected chi connectivity index (χ1v) is 6.85. The molecule has 20 heavy (non-hydrogen) atoms. The van der Waals surface area contributed by atoms with Gasteiger partial charge in [-0.05, 0) is 25.0 Å². The summed E-state index contributed by atoms with van der Waals surface area (Å²) in [6.07, 6.45) is 1.45. The molecule has 2 aliphatic rings. The molecule has 0 unspecified atom stereocenters. The Bertz CT molecular complexity index is 589. The number of hydrogen-bond acceptors (Lipinski definition) is 4. The number of piperidine rings is 1. The number of hydrogen-bond donors (Lipinski definition) is 0. The van der Waals surface area contributed by atoms with Crippen LogP contribution in [0.3, 0.4) is 0 Å². The van der Waals surface area contributed by atoms with Crippen molar-refractivity contribution in [2.24, 2.45) is 5.92 Å². The van der Waals surface area contributed by atoms with Gasteiger partial charge in [0.1, 0.15) is 0 Å². The first kappa shape index (κ1) is 13.1. The SMILES string of the molecule is N#CC1CCN(C(=O)c2cc(Cl)c3c(c2)OCO3)CC1. The molecule has 0 spiro atoms. The third kappa shape index (κ3) is 2.27. The topological polar surface area (TPSA) is 62.6 Å². The van der Waals surface area contributed by atoms with E-state index in [1.165, 1.54) is 0 Å². The van der Waals surface area contributed by atoms with Crippen LogP contribution in [0, 0.1) is 17.2 Å². The second-order valence-corrected chi connectivity index (χ2v) is 5.29. The fraction of sp³-hybridized carbons (Fsp3) is 0.429. The number of fused-ring (bicyclic) bond motifs is 1. The lowest BCUT2D eigenvalue weighted by Gasteiger charge is -2.29. The molecule has 1 fully saturated rings. The van der Waals surface area contributed by atoms with E-state index in [9.17, 15) is 4.79 Å². The van der Waals surface area contributed by atoms with Crippen LogP contribution in [0.5, 0.6) is 11.5 Å². The molecule has 3 rings (SSSR count). The molecule has 0 aromatic heterocycles. The number of halogens is 1. The van der Waals surface area contributed by atoms with Gasteiger partial charge >= 0.3 is 0 Å². The van der Waals surface area contributed by atoms with Gasteiger partial charge in [-0.3, -0.25) is 4.79 Å². The van der Waals surface area contributed by atoms with E-state index in [4.69, 9.17) is 26.3 Å². The van der Waals surface area contributed by atoms with Crippen molar-refractivity contribution < 1.29 is 14.3 Å². The minimum atomic E-state index is -0.0819. The Morgan fingerprint density at radius 1 is 1.35 bits per heavy atom. The number of likely N-dealkylation sites (tertiary alicyclic amines) is 1. The van der Waals surface area contributed by atoms with Gasteiger partial charge in [0.05, 0.1) is 11.1 Å². The van der Waals surface area contributed by atoms with Crippen LogP contribution in [-0.2, 0) is 0 Å². The molecule has 6 heteroatoms. The Morgan fingerprint density at radius 3 is 2.80 bits per heavy atom. The fourth-order valence-electron chi connectivity index (χ4n) is 2.49. The first-order valence-electron chi connectivity index (χ1n) is 6.47. The fourth-order valence-corrected chi connectivity index (χ4v) is 2.75. The average molecular weight is 293 g/mol. The van der Waals surface area contributed by atoms with Gasteiger partial charge in [-0.15, -0.1) is 0 Å². The van der Waals surface area contributed by atoms with E-state index in [-0.39, 0.29) is 18.6 Å². The Morgan fingerprint density at radius 2 is 2.10 bits per heavy atom. The van der Waals surface area contributed by atoms with Crippen LogP contribution in [0.4, 0.5) is 0 Å². The van der Waals surface area contributed by atoms with Crippen LogP contribution in [0.25, 0.3) is 0 Å². The maximum Gasteiger partial charge on any atom is 0.254 e. The summed E-state index contributed by atoms with van der Waals surface area (Å²) in [6, 6.07) is 5.52. The number of amides is 1. The molecule has 1 amide bonds. The number of nitrogens with zero attached hydrogens (tertiary/aromatic N) is 2. The zero-order valence-electron chi connectivity index (χ0n) is 10.8. The zero-order valence-corrected chi connectivity index (χ0v) is 11.5. The smallest absolute Gasteiger partial charge is 0.254 e. The minimum Gasteiger partial charge on any atom is -0.454 e. The minimum absolute atomic E-state index is 0.0550. The maximum absolute atomic E-state index is 12.4. The summed E-state index contributed by atoms with van der Waals surface area (Å²) >= 11 is 6.08. The highest BCUT2D eigenvalue weighted by Gasteiger charge is 2.26. The lowest BCUT2D eigenvalue weighted by atomic mass is 9.98. The summed E-state index contributed by atoms with van der Waals surface area (Å²) in [7, 11) is 0. The molecule has 1 saturated heterocycles. The molecule has 0 atom stereocenters. The highest BCUT2D eigenvalue weighted by molar-refractivity contribution is 6.32. The predicted octanol–water partition coefficient (Wildman–Crippen LogP) is 2.44. The second-order valence-electron chi connectivity index (χ2n) is 4.89. The van der Waals surface area contributed by atoms with Crippen LogP contribution >= 0.6 is 11.6 Å². The summed E-state index contributed by atoms with van der Waals surface area (Å²) in [6.45, 7) is 1.33. The second kappa shape index (κ2) is 5.22. The first-order chi connectivity index (χ1) is 9.69. The molecule has 0 saturated carbocycles. The molecule has 104 valence electrons. The molecule has 0 aliphatic carbocycles. The number of carbonyl (C=O) groups is 1. The van der Waals surface area contributed by atoms with Gasteiger partial charge in [0.15, 0.2) is 11.5 Å². The Balaban J connectivity index is 1.78. The van der Waals surface area contributed by atoms with Gasteiger partial charge in [-0.25, -0.2) is 0 Å². The van der Waals surface area contributed by atoms with E-state index in [1.54, 1.807) is 17.0 Å². The molecule has 1 aromatic carbocycles. The summed E-state index contributed by atoms with van der Waals surface area (Å²) in [5.41, 5.74) is 0.495. The van der Waals surface area contributed by atoms with Crippen LogP contribution in [0.1, 0.15) is 23.2 Å². The molecule has 1 aromatic rings. The van der Waals surface area contributed by atoms with Crippen LogP contribution in [-0.4, -0.2) is 30.7 Å². The van der Waals surface area contributed by atoms with Crippen molar-refractivity contribution in [3.8, 4) is 17.6 Å². The molecule has 0 radical (unpaired) electrons. The normalized spacial score (nSPS) is 17.9. The van der Waals surface area contributed by atoms with Gasteiger partial charge < -0.3 is 14.4 Å². The average Bonchev–Trinajstić information content (AvgIpc) is 2.95. The summed E-state index contributed by atoms with van der Waals surface area (Å²) in [5.74, 6) is 0.972. The van der Waals surface area contributed by atoms with E-state index in [2.05, 4.69) is 6.07 Å². The lowest BCUT2D eigenvalue weighted by molar-refractivity contribution is 0.0707. The van der Waals surface area contributed by atoms with Gasteiger partial charge in [0.25, 0.3) is 5.91 Å². The van der Waals surface area contributed by atoms with Crippen molar-refractivity contribution in [1.29, 1.82) is 5.26 Å². The summed E-state index contributed by atoms with van der Waals surface area (Å²) in [4.78, 5) is 14.2. The molecule has 0 N–H and O–H groups in total. The Kier molecular flexibility index (Phi) is 3.41. The van der Waals surface area contributed by atoms with E-state index >= 15 is 0 Å². The van der Waals surface area contributed by atoms with Crippen molar-refractivity contribution in [3.63, 3.8) is 0 Å². The van der Waals surface area contributed by atoms with Gasteiger partial charge in [-0.1, -0.05) is 11.6 Å². The molecule has 2 heterocycles. The summed E-state index contributed by atoms with van der Waals surface area (Å²) < 4.78 is 10.5. The van der Waals surface area contributed by atoms with Gasteiger partial charge in [-0.2, -0.15) is 5.26 Å².